The number of hydrogen-bond acceptors (Lipinski definition) is 5. The second-order valence-electron chi connectivity index (χ2n) is 7.98. The third kappa shape index (κ3) is 5.29. The molecular formula is C26H24N4O4. The maximum atomic E-state index is 12.3. The largest absolute Gasteiger partial charge is 0.480 e. The van der Waals surface area contributed by atoms with Crippen molar-refractivity contribution in [3.63, 3.8) is 0 Å². The first-order valence-corrected chi connectivity index (χ1v) is 10.8. The highest BCUT2D eigenvalue weighted by molar-refractivity contribution is 5.78. The van der Waals surface area contributed by atoms with Crippen molar-refractivity contribution in [3.8, 4) is 11.3 Å². The summed E-state index contributed by atoms with van der Waals surface area (Å²) in [5.74, 6) is -0.980. The lowest BCUT2D eigenvalue weighted by Crippen LogP contribution is -2.37. The number of anilines is 1. The minimum atomic E-state index is -0.980. The first-order valence-electron chi connectivity index (χ1n) is 10.8. The van der Waals surface area contributed by atoms with Crippen molar-refractivity contribution in [2.24, 2.45) is 7.05 Å². The third-order valence-corrected chi connectivity index (χ3v) is 5.52. The lowest BCUT2D eigenvalue weighted by atomic mass is 10.0. The number of carbonyl (C=O) groups is 1. The number of rotatable bonds is 8. The highest BCUT2D eigenvalue weighted by Crippen LogP contribution is 2.19. The third-order valence-electron chi connectivity index (χ3n) is 5.52. The van der Waals surface area contributed by atoms with Gasteiger partial charge in [-0.1, -0.05) is 54.6 Å². The lowest BCUT2D eigenvalue weighted by molar-refractivity contribution is -0.137. The summed E-state index contributed by atoms with van der Waals surface area (Å²) in [5, 5.41) is 12.8. The minimum absolute atomic E-state index is 0.242. The highest BCUT2D eigenvalue weighted by Gasteiger charge is 2.18. The molecule has 0 saturated heterocycles. The predicted molar refractivity (Wildman–Crippen MR) is 130 cm³/mol. The summed E-state index contributed by atoms with van der Waals surface area (Å²) in [7, 11) is 1.43. The van der Waals surface area contributed by atoms with E-state index >= 15 is 0 Å². The molecular weight excluding hydrogens is 432 g/mol. The minimum Gasteiger partial charge on any atom is -0.480 e. The molecule has 4 aromatic rings. The first-order chi connectivity index (χ1) is 16.4. The number of carboxylic acids is 1. The van der Waals surface area contributed by atoms with E-state index in [1.165, 1.54) is 23.9 Å². The molecule has 0 bridgehead atoms. The first kappa shape index (κ1) is 22.7. The van der Waals surface area contributed by atoms with E-state index in [9.17, 15) is 19.5 Å². The molecule has 4 rings (SSSR count). The van der Waals surface area contributed by atoms with Gasteiger partial charge in [0.1, 0.15) is 6.04 Å². The maximum Gasteiger partial charge on any atom is 0.331 e. The fraction of sp³-hybridized carbons (Fsp3) is 0.154. The van der Waals surface area contributed by atoms with E-state index in [1.54, 1.807) is 6.20 Å². The van der Waals surface area contributed by atoms with Crippen LogP contribution in [0.15, 0.2) is 94.8 Å². The smallest absolute Gasteiger partial charge is 0.331 e. The number of nitrogens with one attached hydrogen (secondary N) is 1. The van der Waals surface area contributed by atoms with Gasteiger partial charge in [0.25, 0.3) is 5.56 Å². The van der Waals surface area contributed by atoms with Gasteiger partial charge >= 0.3 is 11.7 Å². The molecule has 2 aromatic carbocycles. The Morgan fingerprint density at radius 3 is 2.47 bits per heavy atom. The van der Waals surface area contributed by atoms with Crippen molar-refractivity contribution in [3.05, 3.63) is 117 Å². The van der Waals surface area contributed by atoms with Crippen LogP contribution in [-0.4, -0.2) is 31.2 Å². The number of nitrogens with zero attached hydrogens (tertiary/aromatic N) is 3. The van der Waals surface area contributed by atoms with Crippen LogP contribution in [0, 0.1) is 0 Å². The van der Waals surface area contributed by atoms with Crippen LogP contribution in [0.25, 0.3) is 11.3 Å². The average molecular weight is 457 g/mol. The van der Waals surface area contributed by atoms with Crippen LogP contribution in [0.4, 0.5) is 5.69 Å². The van der Waals surface area contributed by atoms with Crippen LogP contribution in [0.3, 0.4) is 0 Å². The van der Waals surface area contributed by atoms with Gasteiger partial charge in [-0.05, 0) is 23.3 Å². The molecule has 8 nitrogen and oxygen atoms in total. The number of carboxylic acid groups (broad SMARTS) is 1. The Morgan fingerprint density at radius 2 is 1.76 bits per heavy atom. The Labute approximate surface area is 195 Å². The van der Waals surface area contributed by atoms with Crippen LogP contribution in [-0.2, 0) is 24.8 Å². The number of aliphatic carboxylic acids is 1. The zero-order valence-corrected chi connectivity index (χ0v) is 18.6. The Bertz CT molecular complexity index is 1410. The molecule has 1 unspecified atom stereocenters. The summed E-state index contributed by atoms with van der Waals surface area (Å²) in [5.41, 5.74) is 3.27. The quantitative estimate of drug-likeness (QED) is 0.422. The molecule has 0 fully saturated rings. The molecule has 0 saturated carbocycles. The standard InChI is InChI=1S/C26H24N4O4/c1-29-24(31)12-13-30(26(29)34)17-19-7-5-6-18(14-19)15-23(25(32)33)28-21-10-11-22(27-16-21)20-8-3-2-4-9-20/h2-14,16,23,28H,15,17H2,1H3,(H,32,33). The predicted octanol–water partition coefficient (Wildman–Crippen LogP) is 2.77. The molecule has 0 amide bonds. The van der Waals surface area contributed by atoms with Gasteiger partial charge < -0.3 is 10.4 Å². The highest BCUT2D eigenvalue weighted by atomic mass is 16.4. The zero-order valence-electron chi connectivity index (χ0n) is 18.6. The molecule has 2 aromatic heterocycles. The fourth-order valence-electron chi connectivity index (χ4n) is 3.68. The maximum absolute atomic E-state index is 12.3. The van der Waals surface area contributed by atoms with Crippen molar-refractivity contribution >= 4 is 11.7 Å². The van der Waals surface area contributed by atoms with E-state index < -0.39 is 17.7 Å². The van der Waals surface area contributed by atoms with Gasteiger partial charge in [0.2, 0.25) is 0 Å². The summed E-state index contributed by atoms with van der Waals surface area (Å²) < 4.78 is 2.48. The average Bonchev–Trinajstić information content (AvgIpc) is 2.85. The monoisotopic (exact) mass is 456 g/mol. The van der Waals surface area contributed by atoms with Gasteiger partial charge in [0.05, 0.1) is 24.1 Å². The summed E-state index contributed by atoms with van der Waals surface area (Å²) in [4.78, 5) is 40.3. The molecule has 1 atom stereocenters. The fourth-order valence-corrected chi connectivity index (χ4v) is 3.68. The van der Waals surface area contributed by atoms with E-state index in [0.29, 0.717) is 5.69 Å². The van der Waals surface area contributed by atoms with Gasteiger partial charge in [-0.15, -0.1) is 0 Å². The number of aromatic nitrogens is 3. The van der Waals surface area contributed by atoms with Crippen molar-refractivity contribution in [2.75, 3.05) is 5.32 Å². The van der Waals surface area contributed by atoms with E-state index in [0.717, 1.165) is 27.0 Å². The van der Waals surface area contributed by atoms with Crippen molar-refractivity contribution in [1.29, 1.82) is 0 Å². The van der Waals surface area contributed by atoms with Crippen LogP contribution in [0.2, 0.25) is 0 Å². The van der Waals surface area contributed by atoms with Gasteiger partial charge in [0.15, 0.2) is 0 Å². The summed E-state index contributed by atoms with van der Waals surface area (Å²) >= 11 is 0. The van der Waals surface area contributed by atoms with Gasteiger partial charge in [-0.25, -0.2) is 9.59 Å². The number of hydrogen-bond donors (Lipinski definition) is 2. The molecule has 34 heavy (non-hydrogen) atoms. The van der Waals surface area contributed by atoms with E-state index in [4.69, 9.17) is 0 Å². The van der Waals surface area contributed by atoms with Crippen LogP contribution >= 0.6 is 0 Å². The molecule has 0 spiro atoms. The van der Waals surface area contributed by atoms with Crippen molar-refractivity contribution in [1.82, 2.24) is 14.1 Å². The molecule has 0 aliphatic rings. The molecule has 8 heteroatoms. The van der Waals surface area contributed by atoms with Crippen LogP contribution in [0.1, 0.15) is 11.1 Å². The van der Waals surface area contributed by atoms with Gasteiger partial charge in [-0.2, -0.15) is 0 Å². The zero-order chi connectivity index (χ0) is 24.1. The number of pyridine rings is 1. The van der Waals surface area contributed by atoms with Gasteiger partial charge in [0, 0.05) is 31.3 Å². The Morgan fingerprint density at radius 1 is 1.00 bits per heavy atom. The Balaban J connectivity index is 1.48. The van der Waals surface area contributed by atoms with E-state index in [-0.39, 0.29) is 18.5 Å². The molecule has 2 heterocycles. The van der Waals surface area contributed by atoms with Gasteiger partial charge in [-0.3, -0.25) is 18.9 Å². The van der Waals surface area contributed by atoms with E-state index in [1.807, 2.05) is 66.7 Å². The summed E-state index contributed by atoms with van der Waals surface area (Å²) in [6.45, 7) is 0.275. The second kappa shape index (κ2) is 9.99. The molecule has 172 valence electrons. The summed E-state index contributed by atoms with van der Waals surface area (Å²) in [6.07, 6.45) is 3.33. The second-order valence-corrected chi connectivity index (χ2v) is 7.98. The molecule has 2 N–H and O–H groups in total. The van der Waals surface area contributed by atoms with Crippen molar-refractivity contribution in [2.45, 2.75) is 19.0 Å². The summed E-state index contributed by atoms with van der Waals surface area (Å²) in [6, 6.07) is 21.3. The Kier molecular flexibility index (Phi) is 6.68. The molecule has 0 aliphatic carbocycles. The molecule has 0 aliphatic heterocycles. The van der Waals surface area contributed by atoms with E-state index in [2.05, 4.69) is 10.3 Å². The van der Waals surface area contributed by atoms with Crippen molar-refractivity contribution < 1.29 is 9.90 Å². The Hall–Kier alpha value is -4.46. The lowest BCUT2D eigenvalue weighted by Gasteiger charge is -2.17. The topological polar surface area (TPSA) is 106 Å². The number of benzene rings is 2. The van der Waals surface area contributed by atoms with Crippen LogP contribution < -0.4 is 16.6 Å². The normalized spacial score (nSPS) is 11.7. The van der Waals surface area contributed by atoms with Crippen LogP contribution in [0.5, 0.6) is 0 Å². The SMILES string of the molecule is Cn1c(=O)ccn(Cc2cccc(CC(Nc3ccc(-c4ccccc4)nc3)C(=O)O)c2)c1=O. The molecule has 0 radical (unpaired) electrons.